The van der Waals surface area contributed by atoms with Gasteiger partial charge in [0.15, 0.2) is 0 Å². The van der Waals surface area contributed by atoms with Gasteiger partial charge in [0.1, 0.15) is 0 Å². The number of carbonyl (C=O) groups is 1. The molecule has 0 spiro atoms. The van der Waals surface area contributed by atoms with Crippen LogP contribution in [-0.2, 0) is 9.53 Å². The Balaban J connectivity index is 2.02. The summed E-state index contributed by atoms with van der Waals surface area (Å²) in [7, 11) is 1.46. The number of fused-ring (bicyclic) bond motifs is 2. The van der Waals surface area contributed by atoms with E-state index in [9.17, 15) is 4.79 Å². The minimum absolute atomic E-state index is 0.111. The molecule has 98 valence electrons. The molecule has 2 unspecified atom stereocenters. The van der Waals surface area contributed by atoms with E-state index in [1.54, 1.807) is 0 Å². The first kappa shape index (κ1) is 12.9. The minimum Gasteiger partial charge on any atom is -0.469 e. The Labute approximate surface area is 104 Å². The third kappa shape index (κ3) is 2.10. The molecule has 2 N–H and O–H groups in total. The molecule has 3 heteroatoms. The average molecular weight is 239 g/mol. The zero-order valence-electron chi connectivity index (χ0n) is 11.2. The number of ether oxygens (including phenoxy) is 1. The standard InChI is InChI=1S/C14H25NO2/c1-14(2)10-4-5-11(12(14)7-10)9(8-15)6-13(16)17-3/h9-12H,4-8,15H2,1-3H3/t9?,10-,11?,12-/m0/s1. The van der Waals surface area contributed by atoms with Crippen LogP contribution in [-0.4, -0.2) is 19.6 Å². The topological polar surface area (TPSA) is 52.3 Å². The van der Waals surface area contributed by atoms with Crippen molar-refractivity contribution in [2.24, 2.45) is 34.8 Å². The van der Waals surface area contributed by atoms with Gasteiger partial charge < -0.3 is 10.5 Å². The van der Waals surface area contributed by atoms with Crippen LogP contribution in [0.1, 0.15) is 39.5 Å². The normalized spacial score (nSPS) is 35.9. The summed E-state index contributed by atoms with van der Waals surface area (Å²) in [6.07, 6.45) is 4.40. The number of esters is 1. The van der Waals surface area contributed by atoms with Crippen LogP contribution in [0.4, 0.5) is 0 Å². The second-order valence-electron chi connectivity index (χ2n) is 6.38. The number of carbonyl (C=O) groups excluding carboxylic acids is 1. The maximum atomic E-state index is 11.4. The molecule has 4 atom stereocenters. The van der Waals surface area contributed by atoms with Crippen LogP contribution in [0.25, 0.3) is 0 Å². The van der Waals surface area contributed by atoms with E-state index in [0.717, 1.165) is 11.8 Å². The van der Waals surface area contributed by atoms with E-state index < -0.39 is 0 Å². The highest BCUT2D eigenvalue weighted by Crippen LogP contribution is 2.62. The lowest BCUT2D eigenvalue weighted by atomic mass is 9.44. The molecule has 3 nitrogen and oxygen atoms in total. The van der Waals surface area contributed by atoms with Gasteiger partial charge in [0, 0.05) is 6.42 Å². The lowest BCUT2D eigenvalue weighted by molar-refractivity contribution is -0.147. The molecule has 3 fully saturated rings. The molecular formula is C14H25NO2. The van der Waals surface area contributed by atoms with Crippen molar-refractivity contribution >= 4 is 5.97 Å². The smallest absolute Gasteiger partial charge is 0.305 e. The van der Waals surface area contributed by atoms with Crippen LogP contribution >= 0.6 is 0 Å². The Morgan fingerprint density at radius 2 is 2.18 bits per heavy atom. The van der Waals surface area contributed by atoms with Gasteiger partial charge in [-0.15, -0.1) is 0 Å². The van der Waals surface area contributed by atoms with Crippen molar-refractivity contribution in [1.29, 1.82) is 0 Å². The van der Waals surface area contributed by atoms with E-state index in [4.69, 9.17) is 10.5 Å². The predicted molar refractivity (Wildman–Crippen MR) is 67.3 cm³/mol. The Hall–Kier alpha value is -0.570. The van der Waals surface area contributed by atoms with Gasteiger partial charge in [0.05, 0.1) is 7.11 Å². The van der Waals surface area contributed by atoms with Crippen molar-refractivity contribution in [2.75, 3.05) is 13.7 Å². The Morgan fingerprint density at radius 1 is 1.47 bits per heavy atom. The van der Waals surface area contributed by atoms with Gasteiger partial charge in [-0.05, 0) is 54.9 Å². The molecule has 3 rings (SSSR count). The molecule has 0 aliphatic heterocycles. The zero-order valence-corrected chi connectivity index (χ0v) is 11.2. The number of rotatable bonds is 4. The predicted octanol–water partition coefficient (Wildman–Crippen LogP) is 2.20. The van der Waals surface area contributed by atoms with Gasteiger partial charge in [-0.3, -0.25) is 4.79 Å². The van der Waals surface area contributed by atoms with E-state index >= 15 is 0 Å². The number of hydrogen-bond acceptors (Lipinski definition) is 3. The molecule has 0 amide bonds. The van der Waals surface area contributed by atoms with Gasteiger partial charge >= 0.3 is 5.97 Å². The molecule has 3 aliphatic carbocycles. The molecule has 2 bridgehead atoms. The maximum Gasteiger partial charge on any atom is 0.305 e. The fourth-order valence-corrected chi connectivity index (χ4v) is 4.14. The molecule has 0 radical (unpaired) electrons. The molecule has 17 heavy (non-hydrogen) atoms. The number of methoxy groups -OCH3 is 1. The molecule has 0 aromatic carbocycles. The second kappa shape index (κ2) is 4.60. The van der Waals surface area contributed by atoms with Crippen molar-refractivity contribution < 1.29 is 9.53 Å². The fraction of sp³-hybridized carbons (Fsp3) is 0.929. The van der Waals surface area contributed by atoms with Gasteiger partial charge in [0.25, 0.3) is 0 Å². The molecule has 0 aromatic heterocycles. The average Bonchev–Trinajstić information content (AvgIpc) is 2.35. The van der Waals surface area contributed by atoms with Gasteiger partial charge in [0.2, 0.25) is 0 Å². The first-order valence-corrected chi connectivity index (χ1v) is 6.77. The molecule has 0 heterocycles. The second-order valence-corrected chi connectivity index (χ2v) is 6.38. The van der Waals surface area contributed by atoms with E-state index in [1.165, 1.54) is 26.4 Å². The third-order valence-electron chi connectivity index (χ3n) is 5.48. The van der Waals surface area contributed by atoms with Crippen LogP contribution in [0.15, 0.2) is 0 Å². The van der Waals surface area contributed by atoms with Crippen molar-refractivity contribution in [3.63, 3.8) is 0 Å². The molecule has 3 saturated carbocycles. The van der Waals surface area contributed by atoms with Crippen LogP contribution in [0, 0.1) is 29.1 Å². The summed E-state index contributed by atoms with van der Waals surface area (Å²) in [5, 5.41) is 0. The van der Waals surface area contributed by atoms with E-state index in [2.05, 4.69) is 13.8 Å². The summed E-state index contributed by atoms with van der Waals surface area (Å²) in [5.41, 5.74) is 6.33. The van der Waals surface area contributed by atoms with E-state index in [0.29, 0.717) is 30.2 Å². The quantitative estimate of drug-likeness (QED) is 0.765. The van der Waals surface area contributed by atoms with Crippen molar-refractivity contribution in [2.45, 2.75) is 39.5 Å². The summed E-state index contributed by atoms with van der Waals surface area (Å²) >= 11 is 0. The van der Waals surface area contributed by atoms with Gasteiger partial charge in [-0.25, -0.2) is 0 Å². The first-order valence-electron chi connectivity index (χ1n) is 6.77. The van der Waals surface area contributed by atoms with Crippen LogP contribution in [0.3, 0.4) is 0 Å². The SMILES string of the molecule is COC(=O)CC(CN)C1CC[C@H]2C[C@@H]1C2(C)C. The highest BCUT2D eigenvalue weighted by molar-refractivity contribution is 5.69. The number of nitrogens with two attached hydrogens (primary N) is 1. The summed E-state index contributed by atoms with van der Waals surface area (Å²) in [5.74, 6) is 2.49. The lowest BCUT2D eigenvalue weighted by Crippen LogP contribution is -2.54. The van der Waals surface area contributed by atoms with Crippen LogP contribution < -0.4 is 5.73 Å². The summed E-state index contributed by atoms with van der Waals surface area (Å²) < 4.78 is 4.78. The minimum atomic E-state index is -0.111. The first-order chi connectivity index (χ1) is 8.00. The lowest BCUT2D eigenvalue weighted by Gasteiger charge is -2.61. The molecule has 3 aliphatic rings. The maximum absolute atomic E-state index is 11.4. The summed E-state index contributed by atoms with van der Waals surface area (Å²) in [6.45, 7) is 5.37. The molecule has 0 saturated heterocycles. The highest BCUT2D eigenvalue weighted by Gasteiger charge is 2.55. The van der Waals surface area contributed by atoms with Crippen LogP contribution in [0.5, 0.6) is 0 Å². The summed E-state index contributed by atoms with van der Waals surface area (Å²) in [6, 6.07) is 0. The van der Waals surface area contributed by atoms with Crippen molar-refractivity contribution in [3.8, 4) is 0 Å². The fourth-order valence-electron chi connectivity index (χ4n) is 4.14. The van der Waals surface area contributed by atoms with Crippen LogP contribution in [0.2, 0.25) is 0 Å². The van der Waals surface area contributed by atoms with Crippen molar-refractivity contribution in [3.05, 3.63) is 0 Å². The Kier molecular flexibility index (Phi) is 3.48. The summed E-state index contributed by atoms with van der Waals surface area (Å²) in [4.78, 5) is 11.4. The highest BCUT2D eigenvalue weighted by atomic mass is 16.5. The number of hydrogen-bond donors (Lipinski definition) is 1. The monoisotopic (exact) mass is 239 g/mol. The van der Waals surface area contributed by atoms with E-state index in [1.807, 2.05) is 0 Å². The Bertz CT molecular complexity index is 299. The van der Waals surface area contributed by atoms with Gasteiger partial charge in [-0.1, -0.05) is 13.8 Å². The van der Waals surface area contributed by atoms with E-state index in [-0.39, 0.29) is 5.97 Å². The zero-order chi connectivity index (χ0) is 12.6. The molecular weight excluding hydrogens is 214 g/mol. The van der Waals surface area contributed by atoms with Gasteiger partial charge in [-0.2, -0.15) is 0 Å². The molecule has 0 aromatic rings. The Morgan fingerprint density at radius 3 is 2.65 bits per heavy atom. The largest absolute Gasteiger partial charge is 0.469 e. The third-order valence-corrected chi connectivity index (χ3v) is 5.48. The van der Waals surface area contributed by atoms with Crippen molar-refractivity contribution in [1.82, 2.24) is 0 Å².